The molecule has 306 valence electrons. The fourth-order valence-electron chi connectivity index (χ4n) is 6.80. The first-order chi connectivity index (χ1) is 27.8. The number of rotatable bonds is 8. The van der Waals surface area contributed by atoms with Gasteiger partial charge in [-0.05, 0) is 65.7 Å². The number of phenolic OH excluding ortho intramolecular Hbond substituents is 6. The Balaban J connectivity index is 1.14. The molecule has 0 radical (unpaired) electrons. The van der Waals surface area contributed by atoms with Crippen LogP contribution in [-0.4, -0.2) is 104 Å². The van der Waals surface area contributed by atoms with Crippen LogP contribution in [0.25, 0.3) is 12.2 Å². The molecule has 4 aromatic rings. The predicted octanol–water partition coefficient (Wildman–Crippen LogP) is 2.03. The highest BCUT2D eigenvalue weighted by atomic mass is 16.8. The highest BCUT2D eigenvalue weighted by Crippen LogP contribution is 2.55. The van der Waals surface area contributed by atoms with E-state index in [4.69, 9.17) is 23.7 Å². The number of Topliss-reactive ketones (excluding diaryl/α,β-unsaturated/α-hetero) is 1. The van der Waals surface area contributed by atoms with Crippen molar-refractivity contribution < 1.29 is 93.9 Å². The molecular formula is C40H32O19. The molecule has 4 aromatic carbocycles. The second kappa shape index (κ2) is 14.5. The van der Waals surface area contributed by atoms with E-state index in [0.29, 0.717) is 0 Å². The minimum atomic E-state index is -3.16. The first-order valence-electron chi connectivity index (χ1n) is 17.3. The first-order valence-corrected chi connectivity index (χ1v) is 17.3. The summed E-state index contributed by atoms with van der Waals surface area (Å²) in [6, 6.07) is 12.4. The number of carbonyl (C=O) groups is 4. The van der Waals surface area contributed by atoms with E-state index in [1.165, 1.54) is 30.3 Å². The number of carbonyl (C=O) groups excluding carboxylic acids is 3. The summed E-state index contributed by atoms with van der Waals surface area (Å²) >= 11 is 0. The molecule has 59 heavy (non-hydrogen) atoms. The number of ether oxygens (including phenoxy) is 5. The van der Waals surface area contributed by atoms with Crippen LogP contribution in [0.1, 0.15) is 39.9 Å². The van der Waals surface area contributed by atoms with Gasteiger partial charge in [0.05, 0.1) is 6.10 Å². The van der Waals surface area contributed by atoms with E-state index in [0.717, 1.165) is 60.7 Å². The Morgan fingerprint density at radius 2 is 1.27 bits per heavy atom. The number of hydrogen-bond acceptors (Lipinski definition) is 18. The van der Waals surface area contributed by atoms with Crippen molar-refractivity contribution in [3.63, 3.8) is 0 Å². The molecule has 3 aliphatic rings. The average Bonchev–Trinajstić information content (AvgIpc) is 3.16. The third kappa shape index (κ3) is 7.09. The molecule has 6 atom stereocenters. The van der Waals surface area contributed by atoms with Crippen molar-refractivity contribution in [2.24, 2.45) is 0 Å². The molecule has 7 rings (SSSR count). The quantitative estimate of drug-likeness (QED) is 0.0691. The summed E-state index contributed by atoms with van der Waals surface area (Å²) in [7, 11) is 0. The summed E-state index contributed by atoms with van der Waals surface area (Å²) in [5.41, 5.74) is -3.04. The maximum absolute atomic E-state index is 14.0. The maximum Gasteiger partial charge on any atom is 0.357 e. The Morgan fingerprint density at radius 1 is 0.661 bits per heavy atom. The first kappa shape index (κ1) is 39.7. The molecule has 1 saturated carbocycles. The summed E-state index contributed by atoms with van der Waals surface area (Å²) in [4.78, 5) is 51.7. The number of aliphatic hydroxyl groups is 3. The van der Waals surface area contributed by atoms with Gasteiger partial charge >= 0.3 is 29.5 Å². The van der Waals surface area contributed by atoms with Crippen LogP contribution >= 0.6 is 0 Å². The van der Waals surface area contributed by atoms with Crippen molar-refractivity contribution >= 4 is 35.8 Å². The summed E-state index contributed by atoms with van der Waals surface area (Å²) in [6.45, 7) is 0. The van der Waals surface area contributed by atoms with E-state index < -0.39 is 118 Å². The van der Waals surface area contributed by atoms with E-state index in [1.807, 2.05) is 0 Å². The van der Waals surface area contributed by atoms with Crippen molar-refractivity contribution in [1.82, 2.24) is 0 Å². The Hall–Kier alpha value is -7.48. The van der Waals surface area contributed by atoms with Gasteiger partial charge in [-0.1, -0.05) is 12.1 Å². The van der Waals surface area contributed by atoms with Crippen LogP contribution in [0.15, 0.2) is 78.9 Å². The van der Waals surface area contributed by atoms with Crippen LogP contribution in [-0.2, 0) is 29.6 Å². The highest BCUT2D eigenvalue weighted by Gasteiger charge is 2.71. The molecule has 19 nitrogen and oxygen atoms in total. The SMILES string of the molecule is O=C(/C=C/c1ccc(O)c(O)c1)O[C@@H]1[C@H](O)C[C@@](O)(C(=O)O)C[C@H]1OC(=O)/C=C/c1ccc2c(c1)OC1(O)C(=O)c3c(O)cc(O)cc3OC1(c1ccc(O)c(O)c1)O2. The lowest BCUT2D eigenvalue weighted by Gasteiger charge is -2.50. The minimum absolute atomic E-state index is 0.138. The van der Waals surface area contributed by atoms with E-state index in [2.05, 4.69) is 0 Å². The number of carboxylic acid groups (broad SMARTS) is 1. The molecule has 2 heterocycles. The molecule has 19 heteroatoms. The lowest BCUT2D eigenvalue weighted by molar-refractivity contribution is -0.316. The maximum atomic E-state index is 14.0. The lowest BCUT2D eigenvalue weighted by atomic mass is 9.79. The van der Waals surface area contributed by atoms with Gasteiger partial charge < -0.3 is 74.7 Å². The van der Waals surface area contributed by atoms with E-state index in [1.54, 1.807) is 0 Å². The number of fused-ring (bicyclic) bond motifs is 3. The van der Waals surface area contributed by atoms with Crippen LogP contribution in [0.5, 0.6) is 51.7 Å². The van der Waals surface area contributed by atoms with E-state index >= 15 is 0 Å². The third-order valence-corrected chi connectivity index (χ3v) is 9.71. The molecule has 2 unspecified atom stereocenters. The molecule has 0 spiro atoms. The van der Waals surface area contributed by atoms with Crippen molar-refractivity contribution in [2.75, 3.05) is 0 Å². The minimum Gasteiger partial charge on any atom is -0.508 e. The van der Waals surface area contributed by atoms with Crippen LogP contribution in [0.2, 0.25) is 0 Å². The number of hydrogen-bond donors (Lipinski definition) is 10. The summed E-state index contributed by atoms with van der Waals surface area (Å²) in [6.07, 6.45) is -2.69. The molecule has 2 aliphatic heterocycles. The second-order valence-corrected chi connectivity index (χ2v) is 13.7. The number of ketones is 1. The fourth-order valence-corrected chi connectivity index (χ4v) is 6.80. The zero-order valence-corrected chi connectivity index (χ0v) is 30.0. The van der Waals surface area contributed by atoms with Gasteiger partial charge in [0.1, 0.15) is 28.9 Å². The van der Waals surface area contributed by atoms with Gasteiger partial charge in [0, 0.05) is 42.7 Å². The monoisotopic (exact) mass is 816 g/mol. The van der Waals surface area contributed by atoms with Gasteiger partial charge in [0.2, 0.25) is 0 Å². The third-order valence-electron chi connectivity index (χ3n) is 9.71. The molecular weight excluding hydrogens is 784 g/mol. The topological polar surface area (TPSA) is 317 Å². The highest BCUT2D eigenvalue weighted by molar-refractivity contribution is 6.08. The Bertz CT molecular complexity index is 2480. The van der Waals surface area contributed by atoms with Crippen molar-refractivity contribution in [2.45, 2.75) is 48.3 Å². The molecule has 0 saturated heterocycles. The van der Waals surface area contributed by atoms with Gasteiger partial charge in [-0.2, -0.15) is 0 Å². The number of esters is 2. The van der Waals surface area contributed by atoms with Crippen molar-refractivity contribution in [1.29, 1.82) is 0 Å². The van der Waals surface area contributed by atoms with Gasteiger partial charge in [-0.15, -0.1) is 0 Å². The normalized spacial score (nSPS) is 25.7. The Morgan fingerprint density at radius 3 is 1.93 bits per heavy atom. The number of aliphatic carboxylic acids is 1. The molecule has 0 aromatic heterocycles. The number of benzene rings is 4. The number of carboxylic acids is 1. The van der Waals surface area contributed by atoms with Crippen LogP contribution in [0.3, 0.4) is 0 Å². The second-order valence-electron chi connectivity index (χ2n) is 13.7. The number of aromatic hydroxyl groups is 6. The van der Waals surface area contributed by atoms with E-state index in [-0.39, 0.29) is 28.2 Å². The van der Waals surface area contributed by atoms with Gasteiger partial charge in [-0.3, -0.25) is 4.79 Å². The summed E-state index contributed by atoms with van der Waals surface area (Å²) in [5.74, 6) is -15.5. The zero-order chi connectivity index (χ0) is 42.6. The summed E-state index contributed by atoms with van der Waals surface area (Å²) < 4.78 is 28.6. The fraction of sp³-hybridized carbons (Fsp3) is 0.200. The Kier molecular flexibility index (Phi) is 9.75. The molecule has 1 fully saturated rings. The van der Waals surface area contributed by atoms with Gasteiger partial charge in [-0.25, -0.2) is 14.4 Å². The van der Waals surface area contributed by atoms with Crippen LogP contribution in [0.4, 0.5) is 0 Å². The van der Waals surface area contributed by atoms with E-state index in [9.17, 15) is 70.2 Å². The van der Waals surface area contributed by atoms with Crippen molar-refractivity contribution in [3.8, 4) is 51.7 Å². The smallest absolute Gasteiger partial charge is 0.357 e. The predicted molar refractivity (Wildman–Crippen MR) is 194 cm³/mol. The standard InChI is InChI=1S/C40H32O19/c41-21-14-26(46)34-30(15-21)59-40(20-5-7-23(43)25(45)13-20)39(54,36(34)50)57-29-12-19(2-8-28(29)58-40)4-9-32(48)55-31-17-38(53,37(51)52)16-27(47)35(31)56-33(49)10-3-18-1-6-22(42)24(44)11-18/h1-15,27,31,35,41-47,53-54H,16-17H2,(H,51,52)/b9-4+,10-3+/t27-,31-,35-,38+,39?,40?/m1/s1. The zero-order valence-electron chi connectivity index (χ0n) is 30.0. The van der Waals surface area contributed by atoms with Crippen LogP contribution in [0, 0.1) is 0 Å². The lowest BCUT2D eigenvalue weighted by Crippen LogP contribution is -2.70. The van der Waals surface area contributed by atoms with Gasteiger partial charge in [0.25, 0.3) is 5.78 Å². The molecule has 0 amide bonds. The largest absolute Gasteiger partial charge is 0.508 e. The van der Waals surface area contributed by atoms with Gasteiger partial charge in [0.15, 0.2) is 46.2 Å². The molecule has 0 bridgehead atoms. The Labute approximate surface area is 330 Å². The average molecular weight is 817 g/mol. The molecule has 1 aliphatic carbocycles. The molecule has 10 N–H and O–H groups in total. The number of phenols is 6. The van der Waals surface area contributed by atoms with Crippen molar-refractivity contribution in [3.05, 3.63) is 101 Å². The summed E-state index contributed by atoms with van der Waals surface area (Å²) in [5, 5.41) is 103. The number of aliphatic hydroxyl groups excluding tert-OH is 1. The van der Waals surface area contributed by atoms with Crippen LogP contribution < -0.4 is 14.2 Å².